The zero-order chi connectivity index (χ0) is 12.5. The van der Waals surface area contributed by atoms with Crippen molar-refractivity contribution in [2.24, 2.45) is 0 Å². The minimum Gasteiger partial charge on any atom is -0.479 e. The number of aliphatic hydroxyl groups is 1. The van der Waals surface area contributed by atoms with Crippen LogP contribution in [0.3, 0.4) is 0 Å². The number of benzene rings is 1. The summed E-state index contributed by atoms with van der Waals surface area (Å²) in [5.41, 5.74) is -2.00. The molecule has 0 fully saturated rings. The molecule has 1 unspecified atom stereocenters. The Bertz CT molecular complexity index is 414. The first-order valence-electron chi connectivity index (χ1n) is 4.00. The van der Waals surface area contributed by atoms with Crippen LogP contribution in [0.1, 0.15) is 17.2 Å². The summed E-state index contributed by atoms with van der Waals surface area (Å²) in [6.45, 7) is 0. The van der Waals surface area contributed by atoms with Gasteiger partial charge < -0.3 is 10.2 Å². The number of alkyl halides is 3. The molecule has 3 nitrogen and oxygen atoms in total. The van der Waals surface area contributed by atoms with Crippen molar-refractivity contribution in [3.63, 3.8) is 0 Å². The summed E-state index contributed by atoms with van der Waals surface area (Å²) >= 11 is 0. The molecule has 7 heteroatoms. The first-order valence-corrected chi connectivity index (χ1v) is 4.00. The molecular formula is C9H6F4O3. The van der Waals surface area contributed by atoms with Crippen molar-refractivity contribution in [3.05, 3.63) is 35.1 Å². The number of halogens is 4. The molecule has 0 aliphatic carbocycles. The fourth-order valence-corrected chi connectivity index (χ4v) is 1.08. The number of carboxylic acid groups (broad SMARTS) is 1. The molecular weight excluding hydrogens is 232 g/mol. The van der Waals surface area contributed by atoms with E-state index in [0.29, 0.717) is 12.1 Å². The van der Waals surface area contributed by atoms with Gasteiger partial charge in [-0.3, -0.25) is 0 Å². The van der Waals surface area contributed by atoms with Crippen LogP contribution in [0, 0.1) is 5.82 Å². The Hall–Kier alpha value is -1.63. The molecule has 0 radical (unpaired) electrons. The fraction of sp³-hybridized carbons (Fsp3) is 0.222. The molecule has 1 aromatic rings. The zero-order valence-corrected chi connectivity index (χ0v) is 7.62. The maximum atomic E-state index is 12.8. The maximum absolute atomic E-state index is 12.8. The lowest BCUT2D eigenvalue weighted by atomic mass is 10.1. The van der Waals surface area contributed by atoms with E-state index < -0.39 is 35.2 Å². The van der Waals surface area contributed by atoms with Crippen LogP contribution in [0.15, 0.2) is 18.2 Å². The summed E-state index contributed by atoms with van der Waals surface area (Å²) < 4.78 is 49.4. The number of hydrogen-bond acceptors (Lipinski definition) is 2. The Morgan fingerprint density at radius 1 is 1.25 bits per heavy atom. The van der Waals surface area contributed by atoms with Crippen molar-refractivity contribution in [1.82, 2.24) is 0 Å². The predicted octanol–water partition coefficient (Wildman–Crippen LogP) is 1.96. The lowest BCUT2D eigenvalue weighted by Gasteiger charge is -2.11. The van der Waals surface area contributed by atoms with Gasteiger partial charge in [0, 0.05) is 0 Å². The molecule has 0 aliphatic rings. The van der Waals surface area contributed by atoms with E-state index in [0.717, 1.165) is 0 Å². The van der Waals surface area contributed by atoms with E-state index in [1.54, 1.807) is 0 Å². The third-order valence-electron chi connectivity index (χ3n) is 1.80. The van der Waals surface area contributed by atoms with E-state index in [-0.39, 0.29) is 6.07 Å². The molecule has 0 amide bonds. The van der Waals surface area contributed by atoms with Gasteiger partial charge in [0.05, 0.1) is 5.56 Å². The lowest BCUT2D eigenvalue weighted by Crippen LogP contribution is -2.13. The van der Waals surface area contributed by atoms with Gasteiger partial charge in [-0.2, -0.15) is 13.2 Å². The second kappa shape index (κ2) is 4.09. The molecule has 0 spiro atoms. The first-order chi connectivity index (χ1) is 7.21. The van der Waals surface area contributed by atoms with Gasteiger partial charge in [-0.1, -0.05) is 0 Å². The minimum absolute atomic E-state index is 0.220. The second-order valence-corrected chi connectivity index (χ2v) is 3.01. The normalized spacial score (nSPS) is 13.6. The van der Waals surface area contributed by atoms with Gasteiger partial charge in [-0.05, 0) is 23.8 Å². The highest BCUT2D eigenvalue weighted by molar-refractivity contribution is 5.74. The van der Waals surface area contributed by atoms with Crippen LogP contribution in [0.4, 0.5) is 17.6 Å². The van der Waals surface area contributed by atoms with E-state index >= 15 is 0 Å². The molecule has 0 bridgehead atoms. The van der Waals surface area contributed by atoms with Crippen molar-refractivity contribution in [2.75, 3.05) is 0 Å². The third kappa shape index (κ3) is 2.69. The summed E-state index contributed by atoms with van der Waals surface area (Å²) in [5.74, 6) is -3.01. The average molecular weight is 238 g/mol. The summed E-state index contributed by atoms with van der Waals surface area (Å²) in [7, 11) is 0. The molecule has 0 saturated heterocycles. The number of aliphatic hydroxyl groups excluding tert-OH is 1. The number of aliphatic carboxylic acids is 1. The maximum Gasteiger partial charge on any atom is 0.416 e. The van der Waals surface area contributed by atoms with Crippen molar-refractivity contribution >= 4 is 5.97 Å². The van der Waals surface area contributed by atoms with Gasteiger partial charge in [0.25, 0.3) is 0 Å². The first kappa shape index (κ1) is 12.4. The Kier molecular flexibility index (Phi) is 3.18. The van der Waals surface area contributed by atoms with E-state index in [2.05, 4.69) is 0 Å². The monoisotopic (exact) mass is 238 g/mol. The molecule has 0 heterocycles. The van der Waals surface area contributed by atoms with Crippen LogP contribution in [0.25, 0.3) is 0 Å². The van der Waals surface area contributed by atoms with Crippen LogP contribution in [0.2, 0.25) is 0 Å². The smallest absolute Gasteiger partial charge is 0.416 e. The van der Waals surface area contributed by atoms with E-state index in [1.807, 2.05) is 0 Å². The summed E-state index contributed by atoms with van der Waals surface area (Å²) in [5, 5.41) is 17.3. The van der Waals surface area contributed by atoms with Crippen molar-refractivity contribution in [1.29, 1.82) is 0 Å². The molecule has 88 valence electrons. The quantitative estimate of drug-likeness (QED) is 0.774. The van der Waals surface area contributed by atoms with Crippen molar-refractivity contribution in [2.45, 2.75) is 12.3 Å². The molecule has 0 saturated carbocycles. The predicted molar refractivity (Wildman–Crippen MR) is 44.0 cm³/mol. The highest BCUT2D eigenvalue weighted by Gasteiger charge is 2.32. The lowest BCUT2D eigenvalue weighted by molar-refractivity contribution is -0.147. The average Bonchev–Trinajstić information content (AvgIpc) is 2.14. The van der Waals surface area contributed by atoms with E-state index in [4.69, 9.17) is 10.2 Å². The molecule has 2 N–H and O–H groups in total. The van der Waals surface area contributed by atoms with Crippen molar-refractivity contribution < 1.29 is 32.6 Å². The van der Waals surface area contributed by atoms with Gasteiger partial charge in [0.1, 0.15) is 5.82 Å². The second-order valence-electron chi connectivity index (χ2n) is 3.01. The SMILES string of the molecule is O=C(O)C(O)c1cc(F)cc(C(F)(F)F)c1. The number of hydrogen-bond donors (Lipinski definition) is 2. The van der Waals surface area contributed by atoms with Crippen LogP contribution in [-0.2, 0) is 11.0 Å². The molecule has 0 aromatic heterocycles. The Labute approximate surface area is 86.9 Å². The van der Waals surface area contributed by atoms with Gasteiger partial charge in [0.2, 0.25) is 0 Å². The summed E-state index contributed by atoms with van der Waals surface area (Å²) in [6, 6.07) is 1.15. The molecule has 16 heavy (non-hydrogen) atoms. The van der Waals surface area contributed by atoms with Crippen LogP contribution in [-0.4, -0.2) is 16.2 Å². The van der Waals surface area contributed by atoms with E-state index in [9.17, 15) is 22.4 Å². The molecule has 1 atom stereocenters. The van der Waals surface area contributed by atoms with Crippen LogP contribution < -0.4 is 0 Å². The van der Waals surface area contributed by atoms with Crippen LogP contribution in [0.5, 0.6) is 0 Å². The summed E-state index contributed by atoms with van der Waals surface area (Å²) in [6.07, 6.45) is -6.98. The fourth-order valence-electron chi connectivity index (χ4n) is 1.08. The third-order valence-corrected chi connectivity index (χ3v) is 1.80. The Balaban J connectivity index is 3.23. The van der Waals surface area contributed by atoms with Crippen molar-refractivity contribution in [3.8, 4) is 0 Å². The minimum atomic E-state index is -4.80. The largest absolute Gasteiger partial charge is 0.479 e. The molecule has 1 rings (SSSR count). The van der Waals surface area contributed by atoms with Gasteiger partial charge in [-0.25, -0.2) is 9.18 Å². The Morgan fingerprint density at radius 2 is 1.81 bits per heavy atom. The zero-order valence-electron chi connectivity index (χ0n) is 7.62. The van der Waals surface area contributed by atoms with Gasteiger partial charge >= 0.3 is 12.1 Å². The highest BCUT2D eigenvalue weighted by atomic mass is 19.4. The van der Waals surface area contributed by atoms with Gasteiger partial charge in [0.15, 0.2) is 6.10 Å². The number of carbonyl (C=O) groups is 1. The Morgan fingerprint density at radius 3 is 2.25 bits per heavy atom. The topological polar surface area (TPSA) is 57.5 Å². The van der Waals surface area contributed by atoms with Gasteiger partial charge in [-0.15, -0.1) is 0 Å². The van der Waals surface area contributed by atoms with Crippen LogP contribution >= 0.6 is 0 Å². The molecule has 1 aromatic carbocycles. The number of rotatable bonds is 2. The van der Waals surface area contributed by atoms with E-state index in [1.165, 1.54) is 0 Å². The summed E-state index contributed by atoms with van der Waals surface area (Å²) in [4.78, 5) is 10.3. The molecule has 0 aliphatic heterocycles. The number of carboxylic acids is 1. The standard InChI is InChI=1S/C9H6F4O3/c10-6-2-4(7(14)8(15)16)1-5(3-6)9(11,12)13/h1-3,7,14H,(H,15,16). The highest BCUT2D eigenvalue weighted by Crippen LogP contribution is 2.31.